The predicted molar refractivity (Wildman–Crippen MR) is 114 cm³/mol. The van der Waals surface area contributed by atoms with Crippen LogP contribution in [0.1, 0.15) is 24.8 Å². The molecule has 2 aliphatic rings. The zero-order valence-electron chi connectivity index (χ0n) is 16.1. The highest BCUT2D eigenvalue weighted by molar-refractivity contribution is 9.10. The van der Waals surface area contributed by atoms with E-state index in [2.05, 4.69) is 21.2 Å². The van der Waals surface area contributed by atoms with Gasteiger partial charge in [-0.05, 0) is 45.8 Å². The van der Waals surface area contributed by atoms with Crippen LogP contribution in [0.5, 0.6) is 0 Å². The lowest BCUT2D eigenvalue weighted by Gasteiger charge is -2.18. The Kier molecular flexibility index (Phi) is 5.67. The Morgan fingerprint density at radius 2 is 1.63 bits per heavy atom. The fourth-order valence-electron chi connectivity index (χ4n) is 3.71. The Labute approximate surface area is 182 Å². The molecular formula is C22H20BrN3O4. The minimum atomic E-state index is -0.441. The van der Waals surface area contributed by atoms with E-state index in [0.29, 0.717) is 12.2 Å². The fraction of sp³-hybridized carbons (Fsp3) is 0.273. The summed E-state index contributed by atoms with van der Waals surface area (Å²) in [7, 11) is 0. The van der Waals surface area contributed by atoms with Gasteiger partial charge in [0.2, 0.25) is 23.6 Å². The number of benzene rings is 2. The quantitative estimate of drug-likeness (QED) is 0.681. The molecular weight excluding hydrogens is 450 g/mol. The molecule has 2 aliphatic heterocycles. The molecule has 8 heteroatoms. The summed E-state index contributed by atoms with van der Waals surface area (Å²) in [4.78, 5) is 51.5. The van der Waals surface area contributed by atoms with Crippen molar-refractivity contribution in [3.8, 4) is 0 Å². The number of amides is 4. The number of hydrogen-bond acceptors (Lipinski definition) is 4. The number of para-hydroxylation sites is 1. The van der Waals surface area contributed by atoms with Crippen LogP contribution in [0, 0.1) is 5.92 Å². The topological polar surface area (TPSA) is 86.8 Å². The maximum absolute atomic E-state index is 12.7. The van der Waals surface area contributed by atoms with Crippen molar-refractivity contribution in [1.29, 1.82) is 0 Å². The summed E-state index contributed by atoms with van der Waals surface area (Å²) >= 11 is 3.45. The summed E-state index contributed by atoms with van der Waals surface area (Å²) in [5.74, 6) is -1.05. The van der Waals surface area contributed by atoms with Crippen LogP contribution < -0.4 is 10.2 Å². The normalized spacial score (nSPS) is 19.0. The molecule has 0 aromatic heterocycles. The number of carbonyl (C=O) groups is 4. The van der Waals surface area contributed by atoms with Gasteiger partial charge in [0.15, 0.2) is 0 Å². The number of rotatable bonds is 5. The van der Waals surface area contributed by atoms with Crippen molar-refractivity contribution in [3.63, 3.8) is 0 Å². The van der Waals surface area contributed by atoms with E-state index in [4.69, 9.17) is 0 Å². The molecule has 2 saturated heterocycles. The van der Waals surface area contributed by atoms with Crippen molar-refractivity contribution in [1.82, 2.24) is 4.90 Å². The number of anilines is 2. The van der Waals surface area contributed by atoms with Crippen LogP contribution in [-0.2, 0) is 25.7 Å². The number of likely N-dealkylation sites (tertiary alicyclic amines) is 1. The van der Waals surface area contributed by atoms with E-state index >= 15 is 0 Å². The Morgan fingerprint density at radius 3 is 2.30 bits per heavy atom. The molecule has 1 atom stereocenters. The van der Waals surface area contributed by atoms with Crippen LogP contribution in [0.3, 0.4) is 0 Å². The highest BCUT2D eigenvalue weighted by Gasteiger charge is 2.36. The molecule has 0 saturated carbocycles. The lowest BCUT2D eigenvalue weighted by atomic mass is 10.1. The minimum absolute atomic E-state index is 0.0858. The summed E-state index contributed by atoms with van der Waals surface area (Å²) in [6.45, 7) is 0.564. The molecule has 30 heavy (non-hydrogen) atoms. The lowest BCUT2D eigenvalue weighted by molar-refractivity contribution is -0.139. The van der Waals surface area contributed by atoms with E-state index in [0.717, 1.165) is 15.7 Å². The van der Waals surface area contributed by atoms with E-state index in [9.17, 15) is 19.2 Å². The molecule has 4 amide bonds. The summed E-state index contributed by atoms with van der Waals surface area (Å²) in [6, 6.07) is 14.5. The Balaban J connectivity index is 1.37. The second-order valence-corrected chi connectivity index (χ2v) is 8.27. The molecule has 2 aromatic carbocycles. The molecule has 154 valence electrons. The second-order valence-electron chi connectivity index (χ2n) is 7.42. The summed E-state index contributed by atoms with van der Waals surface area (Å²) in [6.07, 6.45) is 0.692. The van der Waals surface area contributed by atoms with E-state index in [-0.39, 0.29) is 49.4 Å². The first-order valence-corrected chi connectivity index (χ1v) is 10.5. The maximum Gasteiger partial charge on any atom is 0.229 e. The number of halogens is 1. The minimum Gasteiger partial charge on any atom is -0.326 e. The van der Waals surface area contributed by atoms with Crippen molar-refractivity contribution in [2.45, 2.75) is 25.8 Å². The molecule has 0 aliphatic carbocycles. The highest BCUT2D eigenvalue weighted by atomic mass is 79.9. The Morgan fingerprint density at radius 1 is 0.967 bits per heavy atom. The first-order valence-electron chi connectivity index (χ1n) is 9.70. The Bertz CT molecular complexity index is 1010. The molecule has 1 unspecified atom stereocenters. The van der Waals surface area contributed by atoms with Crippen LogP contribution in [0.2, 0.25) is 0 Å². The summed E-state index contributed by atoms with van der Waals surface area (Å²) in [5, 5.41) is 2.85. The standard InChI is InChI=1S/C22H20BrN3O4/c23-17-3-1-2-4-18(17)25-13-15(11-21(25)29)22(30)24-16-7-5-14(6-8-16)12-26-19(27)9-10-20(26)28/h1-8,15H,9-13H2,(H,24,30). The van der Waals surface area contributed by atoms with Gasteiger partial charge in [-0.25, -0.2) is 0 Å². The lowest BCUT2D eigenvalue weighted by Crippen LogP contribution is -2.28. The van der Waals surface area contributed by atoms with E-state index in [1.807, 2.05) is 24.3 Å². The van der Waals surface area contributed by atoms with Crippen molar-refractivity contribution < 1.29 is 19.2 Å². The third-order valence-corrected chi connectivity index (χ3v) is 6.03. The van der Waals surface area contributed by atoms with Crippen molar-refractivity contribution in [2.24, 2.45) is 5.92 Å². The summed E-state index contributed by atoms with van der Waals surface area (Å²) in [5.41, 5.74) is 2.18. The summed E-state index contributed by atoms with van der Waals surface area (Å²) < 4.78 is 0.810. The number of carbonyl (C=O) groups excluding carboxylic acids is 4. The molecule has 2 aromatic rings. The third kappa shape index (κ3) is 4.14. The van der Waals surface area contributed by atoms with Gasteiger partial charge in [-0.3, -0.25) is 24.1 Å². The van der Waals surface area contributed by atoms with Gasteiger partial charge in [0.1, 0.15) is 0 Å². The number of nitrogens with zero attached hydrogens (tertiary/aromatic N) is 2. The number of imide groups is 1. The third-order valence-electron chi connectivity index (χ3n) is 5.36. The van der Waals surface area contributed by atoms with Gasteiger partial charge >= 0.3 is 0 Å². The van der Waals surface area contributed by atoms with Gasteiger partial charge in [0, 0.05) is 36.0 Å². The van der Waals surface area contributed by atoms with Gasteiger partial charge < -0.3 is 10.2 Å². The molecule has 4 rings (SSSR count). The van der Waals surface area contributed by atoms with E-state index < -0.39 is 5.92 Å². The average Bonchev–Trinajstić information content (AvgIpc) is 3.27. The highest BCUT2D eigenvalue weighted by Crippen LogP contribution is 2.31. The average molecular weight is 470 g/mol. The van der Waals surface area contributed by atoms with Gasteiger partial charge in [-0.15, -0.1) is 0 Å². The largest absolute Gasteiger partial charge is 0.326 e. The van der Waals surface area contributed by atoms with Crippen LogP contribution in [0.4, 0.5) is 11.4 Å². The molecule has 7 nitrogen and oxygen atoms in total. The zero-order valence-corrected chi connectivity index (χ0v) is 17.7. The smallest absolute Gasteiger partial charge is 0.229 e. The molecule has 2 fully saturated rings. The molecule has 1 N–H and O–H groups in total. The first-order chi connectivity index (χ1) is 14.4. The van der Waals surface area contributed by atoms with Crippen LogP contribution >= 0.6 is 15.9 Å². The zero-order chi connectivity index (χ0) is 21.3. The van der Waals surface area contributed by atoms with Gasteiger partial charge in [-0.2, -0.15) is 0 Å². The van der Waals surface area contributed by atoms with E-state index in [1.54, 1.807) is 29.2 Å². The van der Waals surface area contributed by atoms with Crippen LogP contribution in [-0.4, -0.2) is 35.1 Å². The maximum atomic E-state index is 12.7. The van der Waals surface area contributed by atoms with Crippen LogP contribution in [0.25, 0.3) is 0 Å². The molecule has 0 radical (unpaired) electrons. The van der Waals surface area contributed by atoms with E-state index in [1.165, 1.54) is 4.90 Å². The molecule has 2 heterocycles. The monoisotopic (exact) mass is 469 g/mol. The number of nitrogens with one attached hydrogen (secondary N) is 1. The SMILES string of the molecule is O=C(Nc1ccc(CN2C(=O)CCC2=O)cc1)C1CC(=O)N(c2ccccc2Br)C1. The van der Waals surface area contributed by atoms with Gasteiger partial charge in [0.25, 0.3) is 0 Å². The van der Waals surface area contributed by atoms with Crippen LogP contribution in [0.15, 0.2) is 53.0 Å². The predicted octanol–water partition coefficient (Wildman–Crippen LogP) is 3.09. The van der Waals surface area contributed by atoms with Crippen molar-refractivity contribution >= 4 is 50.9 Å². The van der Waals surface area contributed by atoms with Crippen molar-refractivity contribution in [2.75, 3.05) is 16.8 Å². The number of hydrogen-bond donors (Lipinski definition) is 1. The van der Waals surface area contributed by atoms with Gasteiger partial charge in [-0.1, -0.05) is 24.3 Å². The van der Waals surface area contributed by atoms with Gasteiger partial charge in [0.05, 0.1) is 18.2 Å². The first kappa shape index (κ1) is 20.3. The molecule has 0 bridgehead atoms. The fourth-order valence-corrected chi connectivity index (χ4v) is 4.21. The van der Waals surface area contributed by atoms with Crippen molar-refractivity contribution in [3.05, 3.63) is 58.6 Å². The second kappa shape index (κ2) is 8.39. The Hall–Kier alpha value is -3.00. The molecule has 0 spiro atoms.